The summed E-state index contributed by atoms with van der Waals surface area (Å²) in [5.74, 6) is 2.00. The lowest BCUT2D eigenvalue weighted by Crippen LogP contribution is -2.34. The number of aromatic hydroxyl groups is 1. The number of phenolic OH excluding ortho intramolecular Hbond substituents is 1. The highest BCUT2D eigenvalue weighted by atomic mass is 16.3. The number of carbonyl (C=O) groups is 1. The number of hydrogen-bond acceptors (Lipinski definition) is 5. The van der Waals surface area contributed by atoms with Crippen molar-refractivity contribution in [3.8, 4) is 17.1 Å². The predicted molar refractivity (Wildman–Crippen MR) is 104 cm³/mol. The first-order valence-corrected chi connectivity index (χ1v) is 9.77. The number of aryl methyl sites for hydroxylation is 1. The van der Waals surface area contributed by atoms with Crippen LogP contribution in [0.5, 0.6) is 5.75 Å². The van der Waals surface area contributed by atoms with Gasteiger partial charge < -0.3 is 15.3 Å². The van der Waals surface area contributed by atoms with Gasteiger partial charge in [0.25, 0.3) is 0 Å². The van der Waals surface area contributed by atoms with Crippen molar-refractivity contribution in [2.75, 3.05) is 18.4 Å². The number of amides is 1. The fourth-order valence-corrected chi connectivity index (χ4v) is 4.21. The van der Waals surface area contributed by atoms with Gasteiger partial charge in [-0.2, -0.15) is 0 Å². The van der Waals surface area contributed by atoms with Gasteiger partial charge in [0.05, 0.1) is 5.56 Å². The average Bonchev–Trinajstić information content (AvgIpc) is 3.29. The minimum Gasteiger partial charge on any atom is -0.507 e. The second-order valence-corrected chi connectivity index (χ2v) is 7.67. The number of carbonyl (C=O) groups excluding carboxylic acids is 1. The van der Waals surface area contributed by atoms with Gasteiger partial charge in [-0.15, -0.1) is 0 Å². The molecule has 2 aromatic rings. The smallest absolute Gasteiger partial charge is 0.223 e. The second kappa shape index (κ2) is 7.55. The van der Waals surface area contributed by atoms with Crippen molar-refractivity contribution in [3.05, 3.63) is 36.0 Å². The molecule has 2 N–H and O–H groups in total. The normalized spacial score (nSPS) is 20.4. The van der Waals surface area contributed by atoms with E-state index in [1.54, 1.807) is 12.1 Å². The fraction of sp³-hybridized carbons (Fsp3) is 0.476. The zero-order valence-electron chi connectivity index (χ0n) is 15.7. The number of nitrogens with one attached hydrogen (secondary N) is 1. The van der Waals surface area contributed by atoms with Crippen molar-refractivity contribution < 1.29 is 9.90 Å². The van der Waals surface area contributed by atoms with Crippen LogP contribution in [0.25, 0.3) is 11.4 Å². The van der Waals surface area contributed by atoms with Crippen LogP contribution in [0, 0.1) is 12.8 Å². The van der Waals surface area contributed by atoms with E-state index in [4.69, 9.17) is 0 Å². The second-order valence-electron chi connectivity index (χ2n) is 7.67. The molecule has 1 saturated carbocycles. The maximum Gasteiger partial charge on any atom is 0.223 e. The fourth-order valence-electron chi connectivity index (χ4n) is 4.21. The number of likely N-dealkylation sites (tertiary alicyclic amines) is 1. The van der Waals surface area contributed by atoms with Crippen LogP contribution in [-0.2, 0) is 4.79 Å². The molecule has 2 fully saturated rings. The number of phenols is 1. The molecule has 2 aliphatic rings. The first kappa shape index (κ1) is 17.8. The number of rotatable bonds is 5. The molecule has 0 radical (unpaired) electrons. The molecule has 1 aliphatic heterocycles. The number of para-hydroxylation sites is 1. The number of aromatic nitrogens is 2. The standard InChI is InChI=1S/C21H26N4O2/c1-14-10-19(24-21(23-14)17-8-4-5-9-18(17)26)22-12-15-11-20(27)25(13-15)16-6-2-3-7-16/h4-5,8-10,15-16,26H,2-3,6-7,11-13H2,1H3,(H,22,23,24). The summed E-state index contributed by atoms with van der Waals surface area (Å²) < 4.78 is 0. The average molecular weight is 366 g/mol. The van der Waals surface area contributed by atoms with Crippen molar-refractivity contribution in [2.45, 2.75) is 45.1 Å². The number of benzene rings is 1. The maximum atomic E-state index is 12.4. The molecule has 6 nitrogen and oxygen atoms in total. The summed E-state index contributed by atoms with van der Waals surface area (Å²) in [7, 11) is 0. The predicted octanol–water partition coefficient (Wildman–Crippen LogP) is 3.36. The summed E-state index contributed by atoms with van der Waals surface area (Å²) >= 11 is 0. The Labute approximate surface area is 159 Å². The molecular weight excluding hydrogens is 340 g/mol. The Balaban J connectivity index is 1.43. The third-order valence-corrected chi connectivity index (χ3v) is 5.58. The Bertz CT molecular complexity index is 833. The summed E-state index contributed by atoms with van der Waals surface area (Å²) in [4.78, 5) is 23.5. The quantitative estimate of drug-likeness (QED) is 0.848. The summed E-state index contributed by atoms with van der Waals surface area (Å²) in [5.41, 5.74) is 1.45. The van der Waals surface area contributed by atoms with Crippen molar-refractivity contribution in [2.24, 2.45) is 5.92 Å². The van der Waals surface area contributed by atoms with Gasteiger partial charge in [0.1, 0.15) is 11.6 Å². The van der Waals surface area contributed by atoms with E-state index >= 15 is 0 Å². The maximum absolute atomic E-state index is 12.4. The van der Waals surface area contributed by atoms with E-state index in [2.05, 4.69) is 20.2 Å². The van der Waals surface area contributed by atoms with Crippen LogP contribution in [-0.4, -0.2) is 45.0 Å². The van der Waals surface area contributed by atoms with E-state index in [1.807, 2.05) is 25.1 Å². The van der Waals surface area contributed by atoms with E-state index in [0.717, 1.165) is 30.9 Å². The van der Waals surface area contributed by atoms with Gasteiger partial charge in [0, 0.05) is 43.2 Å². The minimum atomic E-state index is 0.169. The Kier molecular flexibility index (Phi) is 4.97. The van der Waals surface area contributed by atoms with Crippen LogP contribution in [0.2, 0.25) is 0 Å². The minimum absolute atomic E-state index is 0.169. The van der Waals surface area contributed by atoms with E-state index < -0.39 is 0 Å². The molecule has 1 aromatic carbocycles. The summed E-state index contributed by atoms with van der Waals surface area (Å²) in [5, 5.41) is 13.4. The third kappa shape index (κ3) is 3.89. The van der Waals surface area contributed by atoms with Gasteiger partial charge in [-0.3, -0.25) is 4.79 Å². The molecule has 1 aromatic heterocycles. The number of anilines is 1. The van der Waals surface area contributed by atoms with E-state index in [1.165, 1.54) is 12.8 Å². The van der Waals surface area contributed by atoms with Crippen LogP contribution in [0.15, 0.2) is 30.3 Å². The van der Waals surface area contributed by atoms with Gasteiger partial charge in [-0.1, -0.05) is 25.0 Å². The van der Waals surface area contributed by atoms with E-state index in [9.17, 15) is 9.90 Å². The molecule has 1 saturated heterocycles. The summed E-state index contributed by atoms with van der Waals surface area (Å²) in [6.45, 7) is 3.47. The largest absolute Gasteiger partial charge is 0.507 e. The topological polar surface area (TPSA) is 78.4 Å². The van der Waals surface area contributed by atoms with Crippen LogP contribution in [0.4, 0.5) is 5.82 Å². The molecule has 6 heteroatoms. The molecule has 0 bridgehead atoms. The van der Waals surface area contributed by atoms with Crippen molar-refractivity contribution in [1.82, 2.24) is 14.9 Å². The molecule has 1 aliphatic carbocycles. The Morgan fingerprint density at radius 2 is 2.00 bits per heavy atom. The first-order valence-electron chi connectivity index (χ1n) is 9.77. The molecule has 27 heavy (non-hydrogen) atoms. The molecule has 2 heterocycles. The van der Waals surface area contributed by atoms with Gasteiger partial charge in [-0.05, 0) is 31.9 Å². The molecule has 4 rings (SSSR count). The van der Waals surface area contributed by atoms with Crippen molar-refractivity contribution >= 4 is 11.7 Å². The summed E-state index contributed by atoms with van der Waals surface area (Å²) in [6, 6.07) is 9.43. The van der Waals surface area contributed by atoms with Gasteiger partial charge >= 0.3 is 0 Å². The Hall–Kier alpha value is -2.63. The van der Waals surface area contributed by atoms with Gasteiger partial charge in [-0.25, -0.2) is 9.97 Å². The Morgan fingerprint density at radius 3 is 2.78 bits per heavy atom. The van der Waals surface area contributed by atoms with E-state index in [0.29, 0.717) is 42.2 Å². The molecule has 1 atom stereocenters. The van der Waals surface area contributed by atoms with Gasteiger partial charge in [0.2, 0.25) is 5.91 Å². The molecule has 142 valence electrons. The third-order valence-electron chi connectivity index (χ3n) is 5.58. The van der Waals surface area contributed by atoms with Crippen LogP contribution >= 0.6 is 0 Å². The summed E-state index contributed by atoms with van der Waals surface area (Å²) in [6.07, 6.45) is 5.40. The lowest BCUT2D eigenvalue weighted by atomic mass is 10.1. The zero-order chi connectivity index (χ0) is 18.8. The van der Waals surface area contributed by atoms with Crippen molar-refractivity contribution in [1.29, 1.82) is 0 Å². The molecule has 0 spiro atoms. The van der Waals surface area contributed by atoms with Crippen molar-refractivity contribution in [3.63, 3.8) is 0 Å². The lowest BCUT2D eigenvalue weighted by molar-refractivity contribution is -0.129. The Morgan fingerprint density at radius 1 is 1.22 bits per heavy atom. The number of nitrogens with zero attached hydrogens (tertiary/aromatic N) is 3. The van der Waals surface area contributed by atoms with Crippen LogP contribution in [0.3, 0.4) is 0 Å². The molecule has 1 amide bonds. The number of hydrogen-bond donors (Lipinski definition) is 2. The highest BCUT2D eigenvalue weighted by molar-refractivity contribution is 5.79. The SMILES string of the molecule is Cc1cc(NCC2CC(=O)N(C3CCCC3)C2)nc(-c2ccccc2O)n1. The first-order chi connectivity index (χ1) is 13.1. The molecular formula is C21H26N4O2. The monoisotopic (exact) mass is 366 g/mol. The molecule has 1 unspecified atom stereocenters. The lowest BCUT2D eigenvalue weighted by Gasteiger charge is -2.24. The van der Waals surface area contributed by atoms with Crippen LogP contribution in [0.1, 0.15) is 37.8 Å². The van der Waals surface area contributed by atoms with Crippen LogP contribution < -0.4 is 5.32 Å². The van der Waals surface area contributed by atoms with E-state index in [-0.39, 0.29) is 5.75 Å². The van der Waals surface area contributed by atoms with Gasteiger partial charge in [0.15, 0.2) is 5.82 Å². The highest BCUT2D eigenvalue weighted by Gasteiger charge is 2.35. The highest BCUT2D eigenvalue weighted by Crippen LogP contribution is 2.30. The zero-order valence-corrected chi connectivity index (χ0v) is 15.7.